The van der Waals surface area contributed by atoms with Crippen molar-refractivity contribution in [3.63, 3.8) is 0 Å². The first kappa shape index (κ1) is 15.1. The van der Waals surface area contributed by atoms with E-state index in [4.69, 9.17) is 0 Å². The number of nitrogens with one attached hydrogen (secondary N) is 1. The molecule has 112 valence electrons. The Hall–Kier alpha value is -3.29. The molecule has 8 heteroatoms. The Labute approximate surface area is 124 Å². The van der Waals surface area contributed by atoms with E-state index < -0.39 is 10.8 Å². The summed E-state index contributed by atoms with van der Waals surface area (Å²) < 4.78 is 1.29. The van der Waals surface area contributed by atoms with E-state index in [0.29, 0.717) is 11.1 Å². The van der Waals surface area contributed by atoms with Crippen molar-refractivity contribution in [3.05, 3.63) is 74.2 Å². The van der Waals surface area contributed by atoms with Crippen molar-refractivity contribution < 1.29 is 9.72 Å². The third-order valence-electron chi connectivity index (χ3n) is 2.83. The van der Waals surface area contributed by atoms with Crippen LogP contribution in [0, 0.1) is 10.1 Å². The fourth-order valence-corrected chi connectivity index (χ4v) is 1.64. The van der Waals surface area contributed by atoms with E-state index in [1.165, 1.54) is 53.4 Å². The lowest BCUT2D eigenvalue weighted by Crippen LogP contribution is -2.22. The predicted octanol–water partition coefficient (Wildman–Crippen LogP) is 1.06. The molecule has 0 bridgehead atoms. The van der Waals surface area contributed by atoms with Crippen LogP contribution < -0.4 is 11.0 Å². The molecule has 8 nitrogen and oxygen atoms in total. The van der Waals surface area contributed by atoms with Gasteiger partial charge in [0.1, 0.15) is 0 Å². The van der Waals surface area contributed by atoms with Gasteiger partial charge in [0.05, 0.1) is 16.7 Å². The molecule has 0 aliphatic heterocycles. The molecule has 1 aromatic carbocycles. The maximum Gasteiger partial charge on any atom is 0.272 e. The summed E-state index contributed by atoms with van der Waals surface area (Å²) in [4.78, 5) is 33.1. The van der Waals surface area contributed by atoms with E-state index >= 15 is 0 Å². The number of hydrogen-bond acceptors (Lipinski definition) is 5. The number of carbonyl (C=O) groups is 1. The van der Waals surface area contributed by atoms with Crippen LogP contribution in [0.1, 0.15) is 15.9 Å². The van der Waals surface area contributed by atoms with Crippen molar-refractivity contribution in [2.45, 2.75) is 0 Å². The van der Waals surface area contributed by atoms with Crippen molar-refractivity contribution >= 4 is 17.8 Å². The van der Waals surface area contributed by atoms with Crippen LogP contribution in [0.2, 0.25) is 0 Å². The third kappa shape index (κ3) is 3.63. The molecule has 0 radical (unpaired) electrons. The van der Waals surface area contributed by atoms with Gasteiger partial charge < -0.3 is 4.57 Å². The standard InChI is InChI=1S/C14H12N4O4/c1-17-9-11(4-7-13(17)19)14(20)16-15-8-10-2-5-12(6-3-10)18(21)22/h2-9H,1H3,(H,16,20)/b15-8-. The number of benzene rings is 1. The Bertz CT molecular complexity index is 793. The molecule has 0 unspecified atom stereocenters. The fraction of sp³-hybridized carbons (Fsp3) is 0.0714. The lowest BCUT2D eigenvalue weighted by molar-refractivity contribution is -0.384. The van der Waals surface area contributed by atoms with Gasteiger partial charge >= 0.3 is 0 Å². The molecule has 0 saturated carbocycles. The number of nitro benzene ring substituents is 1. The molecule has 1 heterocycles. The zero-order valence-corrected chi connectivity index (χ0v) is 11.6. The maximum atomic E-state index is 11.8. The average Bonchev–Trinajstić information content (AvgIpc) is 2.50. The minimum Gasteiger partial charge on any atom is -0.318 e. The summed E-state index contributed by atoms with van der Waals surface area (Å²) in [5.74, 6) is -0.464. The smallest absolute Gasteiger partial charge is 0.272 e. The minimum absolute atomic E-state index is 0.0219. The van der Waals surface area contributed by atoms with E-state index in [1.807, 2.05) is 0 Å². The molecule has 0 fully saturated rings. The number of amides is 1. The first-order valence-electron chi connectivity index (χ1n) is 6.22. The molecule has 2 rings (SSSR count). The van der Waals surface area contributed by atoms with Crippen molar-refractivity contribution in [1.82, 2.24) is 9.99 Å². The molecule has 0 atom stereocenters. The highest BCUT2D eigenvalue weighted by atomic mass is 16.6. The number of hydrazone groups is 1. The SMILES string of the molecule is Cn1cc(C(=O)N/N=C\c2ccc([N+](=O)[O-])cc2)ccc1=O. The summed E-state index contributed by atoms with van der Waals surface area (Å²) in [6, 6.07) is 8.40. The first-order chi connectivity index (χ1) is 10.5. The van der Waals surface area contributed by atoms with Crippen molar-refractivity contribution in [2.75, 3.05) is 0 Å². The normalized spacial score (nSPS) is 10.6. The molecule has 22 heavy (non-hydrogen) atoms. The van der Waals surface area contributed by atoms with Crippen LogP contribution in [-0.4, -0.2) is 21.6 Å². The van der Waals surface area contributed by atoms with Gasteiger partial charge in [0.2, 0.25) is 5.56 Å². The monoisotopic (exact) mass is 300 g/mol. The minimum atomic E-state index is -0.498. The van der Waals surface area contributed by atoms with Crippen LogP contribution in [0.4, 0.5) is 5.69 Å². The first-order valence-corrected chi connectivity index (χ1v) is 6.22. The topological polar surface area (TPSA) is 107 Å². The Morgan fingerprint density at radius 2 is 1.95 bits per heavy atom. The van der Waals surface area contributed by atoms with Crippen molar-refractivity contribution in [3.8, 4) is 0 Å². The zero-order valence-electron chi connectivity index (χ0n) is 11.6. The highest BCUT2D eigenvalue weighted by Gasteiger charge is 2.05. The van der Waals surface area contributed by atoms with E-state index in [-0.39, 0.29) is 11.2 Å². The van der Waals surface area contributed by atoms with Gasteiger partial charge in [-0.1, -0.05) is 0 Å². The molecule has 0 aliphatic carbocycles. The van der Waals surface area contributed by atoms with Crippen LogP contribution >= 0.6 is 0 Å². The lowest BCUT2D eigenvalue weighted by atomic mass is 10.2. The highest BCUT2D eigenvalue weighted by molar-refractivity contribution is 5.94. The number of aromatic nitrogens is 1. The molecular weight excluding hydrogens is 288 g/mol. The zero-order chi connectivity index (χ0) is 16.1. The fourth-order valence-electron chi connectivity index (χ4n) is 1.64. The summed E-state index contributed by atoms with van der Waals surface area (Å²) in [6.07, 6.45) is 2.77. The summed E-state index contributed by atoms with van der Waals surface area (Å²) in [6.45, 7) is 0. The van der Waals surface area contributed by atoms with Gasteiger partial charge in [0.15, 0.2) is 0 Å². The molecular formula is C14H12N4O4. The summed E-state index contributed by atoms with van der Waals surface area (Å²) >= 11 is 0. The van der Waals surface area contributed by atoms with Gasteiger partial charge in [-0.15, -0.1) is 0 Å². The van der Waals surface area contributed by atoms with Gasteiger partial charge in [-0.2, -0.15) is 5.10 Å². The van der Waals surface area contributed by atoms with Crippen LogP contribution in [-0.2, 0) is 7.05 Å². The molecule has 2 aromatic rings. The maximum absolute atomic E-state index is 11.8. The van der Waals surface area contributed by atoms with Gasteiger partial charge in [-0.25, -0.2) is 5.43 Å². The number of pyridine rings is 1. The second kappa shape index (κ2) is 6.44. The number of rotatable bonds is 4. The Morgan fingerprint density at radius 1 is 1.27 bits per heavy atom. The molecule has 1 N–H and O–H groups in total. The van der Waals surface area contributed by atoms with E-state index in [0.717, 1.165) is 0 Å². The Kier molecular flexibility index (Phi) is 4.42. The number of aryl methyl sites for hydroxylation is 1. The van der Waals surface area contributed by atoms with Crippen LogP contribution in [0.5, 0.6) is 0 Å². The van der Waals surface area contributed by atoms with Gasteiger partial charge in [0.25, 0.3) is 11.6 Å². The van der Waals surface area contributed by atoms with E-state index in [1.54, 1.807) is 7.05 Å². The average molecular weight is 300 g/mol. The molecule has 0 saturated heterocycles. The molecule has 1 aromatic heterocycles. The van der Waals surface area contributed by atoms with E-state index in [2.05, 4.69) is 10.5 Å². The van der Waals surface area contributed by atoms with Crippen molar-refractivity contribution in [2.24, 2.45) is 12.1 Å². The number of hydrogen-bond donors (Lipinski definition) is 1. The molecule has 0 aliphatic rings. The second-order valence-corrected chi connectivity index (χ2v) is 4.41. The number of nitro groups is 1. The van der Waals surface area contributed by atoms with Crippen molar-refractivity contribution in [1.29, 1.82) is 0 Å². The largest absolute Gasteiger partial charge is 0.318 e. The predicted molar refractivity (Wildman–Crippen MR) is 79.8 cm³/mol. The number of non-ortho nitro benzene ring substituents is 1. The van der Waals surface area contributed by atoms with Crippen LogP contribution in [0.25, 0.3) is 0 Å². The molecule has 1 amide bonds. The van der Waals surface area contributed by atoms with E-state index in [9.17, 15) is 19.7 Å². The molecule has 0 spiro atoms. The van der Waals surface area contributed by atoms with Crippen LogP contribution in [0.15, 0.2) is 52.5 Å². The quantitative estimate of drug-likeness (QED) is 0.517. The Balaban J connectivity index is 2.02. The van der Waals surface area contributed by atoms with Gasteiger partial charge in [-0.05, 0) is 23.8 Å². The second-order valence-electron chi connectivity index (χ2n) is 4.41. The van der Waals surface area contributed by atoms with Crippen LogP contribution in [0.3, 0.4) is 0 Å². The number of nitrogens with zero attached hydrogens (tertiary/aromatic N) is 3. The summed E-state index contributed by atoms with van der Waals surface area (Å²) in [5.41, 5.74) is 2.97. The summed E-state index contributed by atoms with van der Waals surface area (Å²) in [5, 5.41) is 14.3. The Morgan fingerprint density at radius 3 is 2.55 bits per heavy atom. The lowest BCUT2D eigenvalue weighted by Gasteiger charge is -2.01. The van der Waals surface area contributed by atoms with Gasteiger partial charge in [0, 0.05) is 31.4 Å². The van der Waals surface area contributed by atoms with Gasteiger partial charge in [-0.3, -0.25) is 19.7 Å². The number of carbonyl (C=O) groups excluding carboxylic acids is 1. The highest BCUT2D eigenvalue weighted by Crippen LogP contribution is 2.10. The third-order valence-corrected chi connectivity index (χ3v) is 2.83. The summed E-state index contributed by atoms with van der Waals surface area (Å²) in [7, 11) is 1.54.